The van der Waals surface area contributed by atoms with Crippen molar-refractivity contribution in [3.8, 4) is 0 Å². The lowest BCUT2D eigenvalue weighted by Gasteiger charge is -2.21. The zero-order chi connectivity index (χ0) is 11.5. The Labute approximate surface area is 93.3 Å². The standard InChI is InChI=1S/C13H22N2/c1-11(10-13(2,3)4)14-12-8-6-7-9-15(12)5/h6-9,11H,10H2,1-5H3/p+1/t11-/m1/s1. The van der Waals surface area contributed by atoms with Crippen LogP contribution >= 0.6 is 0 Å². The van der Waals surface area contributed by atoms with Gasteiger partial charge in [-0.3, -0.25) is 5.32 Å². The highest BCUT2D eigenvalue weighted by Crippen LogP contribution is 2.21. The predicted molar refractivity (Wildman–Crippen MR) is 64.8 cm³/mol. The molecule has 0 aliphatic heterocycles. The van der Waals surface area contributed by atoms with Gasteiger partial charge in [0, 0.05) is 6.07 Å². The van der Waals surface area contributed by atoms with Crippen LogP contribution in [0, 0.1) is 5.41 Å². The van der Waals surface area contributed by atoms with Gasteiger partial charge in [-0.15, -0.1) is 0 Å². The molecule has 1 rings (SSSR count). The average Bonchev–Trinajstić information content (AvgIpc) is 2.05. The third-order valence-corrected chi connectivity index (χ3v) is 2.37. The number of rotatable bonds is 3. The Morgan fingerprint density at radius 1 is 1.33 bits per heavy atom. The lowest BCUT2D eigenvalue weighted by Crippen LogP contribution is -2.35. The van der Waals surface area contributed by atoms with E-state index in [0.717, 1.165) is 0 Å². The summed E-state index contributed by atoms with van der Waals surface area (Å²) in [6, 6.07) is 6.71. The second-order valence-electron chi connectivity index (χ2n) is 5.51. The van der Waals surface area contributed by atoms with E-state index in [1.165, 1.54) is 12.2 Å². The molecular formula is C13H23N2+. The zero-order valence-corrected chi connectivity index (χ0v) is 10.5. The van der Waals surface area contributed by atoms with E-state index in [9.17, 15) is 0 Å². The molecule has 0 saturated heterocycles. The van der Waals surface area contributed by atoms with Gasteiger partial charge in [0.05, 0.1) is 19.3 Å². The summed E-state index contributed by atoms with van der Waals surface area (Å²) in [6.07, 6.45) is 3.23. The lowest BCUT2D eigenvalue weighted by atomic mass is 9.89. The van der Waals surface area contributed by atoms with Crippen LogP contribution in [0.2, 0.25) is 0 Å². The van der Waals surface area contributed by atoms with Gasteiger partial charge in [0.2, 0.25) is 0 Å². The summed E-state index contributed by atoms with van der Waals surface area (Å²) in [4.78, 5) is 0. The van der Waals surface area contributed by atoms with Crippen LogP contribution in [0.25, 0.3) is 0 Å². The molecule has 1 aromatic heterocycles. The molecule has 2 heteroatoms. The smallest absolute Gasteiger partial charge is 0.272 e. The second-order valence-corrected chi connectivity index (χ2v) is 5.51. The number of anilines is 1. The number of aromatic nitrogens is 1. The van der Waals surface area contributed by atoms with E-state index in [1.807, 2.05) is 6.07 Å². The van der Waals surface area contributed by atoms with Gasteiger partial charge in [-0.25, -0.2) is 4.57 Å². The Hall–Kier alpha value is -1.05. The van der Waals surface area contributed by atoms with Gasteiger partial charge in [0.25, 0.3) is 5.82 Å². The number of pyridine rings is 1. The van der Waals surface area contributed by atoms with E-state index in [0.29, 0.717) is 11.5 Å². The Kier molecular flexibility index (Phi) is 3.72. The van der Waals surface area contributed by atoms with Gasteiger partial charge in [-0.1, -0.05) is 26.8 Å². The van der Waals surface area contributed by atoms with Crippen LogP contribution < -0.4 is 9.88 Å². The molecule has 0 aromatic carbocycles. The van der Waals surface area contributed by atoms with Gasteiger partial charge < -0.3 is 0 Å². The topological polar surface area (TPSA) is 15.9 Å². The van der Waals surface area contributed by atoms with Crippen molar-refractivity contribution < 1.29 is 4.57 Å². The van der Waals surface area contributed by atoms with Crippen LogP contribution in [0.4, 0.5) is 5.82 Å². The van der Waals surface area contributed by atoms with E-state index in [-0.39, 0.29) is 0 Å². The van der Waals surface area contributed by atoms with Crippen molar-refractivity contribution in [1.82, 2.24) is 0 Å². The number of hydrogen-bond donors (Lipinski definition) is 1. The van der Waals surface area contributed by atoms with Crippen molar-refractivity contribution in [1.29, 1.82) is 0 Å². The van der Waals surface area contributed by atoms with Gasteiger partial charge in [-0.2, -0.15) is 0 Å². The summed E-state index contributed by atoms with van der Waals surface area (Å²) >= 11 is 0. The minimum Gasteiger partial charge on any atom is -0.272 e. The molecule has 1 N–H and O–H groups in total. The summed E-state index contributed by atoms with van der Waals surface area (Å²) in [5.41, 5.74) is 0.375. The van der Waals surface area contributed by atoms with E-state index in [2.05, 4.69) is 63.0 Å². The maximum atomic E-state index is 3.53. The highest BCUT2D eigenvalue weighted by Gasteiger charge is 2.18. The molecule has 0 bridgehead atoms. The highest BCUT2D eigenvalue weighted by atomic mass is 15.1. The first-order valence-corrected chi connectivity index (χ1v) is 5.60. The Morgan fingerprint density at radius 3 is 2.53 bits per heavy atom. The first kappa shape index (κ1) is 12.0. The van der Waals surface area contributed by atoms with Crippen LogP contribution in [0.5, 0.6) is 0 Å². The molecule has 0 saturated carbocycles. The highest BCUT2D eigenvalue weighted by molar-refractivity contribution is 5.28. The molecule has 1 atom stereocenters. The first-order chi connectivity index (χ1) is 6.88. The molecular weight excluding hydrogens is 184 g/mol. The Balaban J connectivity index is 2.59. The molecule has 0 fully saturated rings. The molecule has 0 aliphatic rings. The summed E-state index contributed by atoms with van der Waals surface area (Å²) in [5.74, 6) is 1.18. The summed E-state index contributed by atoms with van der Waals surface area (Å²) < 4.78 is 2.11. The molecule has 0 spiro atoms. The number of nitrogens with one attached hydrogen (secondary N) is 1. The van der Waals surface area contributed by atoms with Crippen LogP contribution in [0.1, 0.15) is 34.1 Å². The maximum absolute atomic E-state index is 3.53. The van der Waals surface area contributed by atoms with E-state index in [1.54, 1.807) is 0 Å². The fourth-order valence-electron chi connectivity index (χ4n) is 1.90. The Morgan fingerprint density at radius 2 is 2.00 bits per heavy atom. The predicted octanol–water partition coefficient (Wildman–Crippen LogP) is 2.75. The number of aryl methyl sites for hydroxylation is 1. The molecule has 0 amide bonds. The van der Waals surface area contributed by atoms with Crippen molar-refractivity contribution in [2.24, 2.45) is 12.5 Å². The van der Waals surface area contributed by atoms with Crippen LogP contribution in [-0.2, 0) is 7.05 Å². The Bertz CT molecular complexity index is 313. The largest absolute Gasteiger partial charge is 0.274 e. The van der Waals surface area contributed by atoms with Gasteiger partial charge in [0.15, 0.2) is 0 Å². The summed E-state index contributed by atoms with van der Waals surface area (Å²) in [7, 11) is 2.06. The summed E-state index contributed by atoms with van der Waals surface area (Å²) in [5, 5.41) is 3.53. The van der Waals surface area contributed by atoms with Crippen LogP contribution in [0.3, 0.4) is 0 Å². The molecule has 0 unspecified atom stereocenters. The van der Waals surface area contributed by atoms with Crippen LogP contribution in [0.15, 0.2) is 24.4 Å². The van der Waals surface area contributed by atoms with E-state index in [4.69, 9.17) is 0 Å². The molecule has 84 valence electrons. The fraction of sp³-hybridized carbons (Fsp3) is 0.615. The number of hydrogen-bond acceptors (Lipinski definition) is 1. The minimum absolute atomic E-state index is 0.375. The van der Waals surface area contributed by atoms with Crippen molar-refractivity contribution in [3.63, 3.8) is 0 Å². The monoisotopic (exact) mass is 207 g/mol. The fourth-order valence-corrected chi connectivity index (χ4v) is 1.90. The molecule has 0 aliphatic carbocycles. The van der Waals surface area contributed by atoms with Crippen LogP contribution in [-0.4, -0.2) is 6.04 Å². The van der Waals surface area contributed by atoms with Crippen molar-refractivity contribution >= 4 is 5.82 Å². The lowest BCUT2D eigenvalue weighted by molar-refractivity contribution is -0.657. The molecule has 0 radical (unpaired) electrons. The van der Waals surface area contributed by atoms with Crippen molar-refractivity contribution in [3.05, 3.63) is 24.4 Å². The van der Waals surface area contributed by atoms with Crippen molar-refractivity contribution in [2.45, 2.75) is 40.2 Å². The molecule has 1 heterocycles. The normalized spacial score (nSPS) is 13.7. The first-order valence-electron chi connectivity index (χ1n) is 5.60. The third kappa shape index (κ3) is 4.32. The van der Waals surface area contributed by atoms with Crippen molar-refractivity contribution in [2.75, 3.05) is 5.32 Å². The average molecular weight is 207 g/mol. The molecule has 15 heavy (non-hydrogen) atoms. The third-order valence-electron chi connectivity index (χ3n) is 2.37. The van der Waals surface area contributed by atoms with E-state index >= 15 is 0 Å². The zero-order valence-electron chi connectivity index (χ0n) is 10.5. The van der Waals surface area contributed by atoms with Gasteiger partial charge in [0.1, 0.15) is 0 Å². The SMILES string of the molecule is C[C@H](CC(C)(C)C)Nc1cccc[n+]1C. The second kappa shape index (κ2) is 4.65. The quantitative estimate of drug-likeness (QED) is 0.754. The molecule has 1 aromatic rings. The van der Waals surface area contributed by atoms with Gasteiger partial charge >= 0.3 is 0 Å². The minimum atomic E-state index is 0.375. The van der Waals surface area contributed by atoms with Gasteiger partial charge in [-0.05, 0) is 24.8 Å². The summed E-state index contributed by atoms with van der Waals surface area (Å²) in [6.45, 7) is 9.06. The molecule has 2 nitrogen and oxygen atoms in total. The maximum Gasteiger partial charge on any atom is 0.274 e. The number of nitrogens with zero attached hydrogens (tertiary/aromatic N) is 1. The van der Waals surface area contributed by atoms with E-state index < -0.39 is 0 Å².